The van der Waals surface area contributed by atoms with Crippen LogP contribution in [0.4, 0.5) is 5.69 Å². The van der Waals surface area contributed by atoms with E-state index in [1.165, 1.54) is 12.8 Å². The fourth-order valence-electron chi connectivity index (χ4n) is 1.47. The van der Waals surface area contributed by atoms with Crippen molar-refractivity contribution in [3.05, 3.63) is 24.3 Å². The molecule has 0 saturated heterocycles. The molecule has 0 aliphatic heterocycles. The number of amides is 1. The van der Waals surface area contributed by atoms with Gasteiger partial charge in [0, 0.05) is 12.2 Å². The van der Waals surface area contributed by atoms with E-state index in [4.69, 9.17) is 4.74 Å². The molecule has 0 aromatic heterocycles. The van der Waals surface area contributed by atoms with E-state index in [-0.39, 0.29) is 5.91 Å². The minimum atomic E-state index is 0.0449. The van der Waals surface area contributed by atoms with Crippen molar-refractivity contribution in [2.24, 2.45) is 0 Å². The predicted molar refractivity (Wildman–Crippen MR) is 78.5 cm³/mol. The lowest BCUT2D eigenvalue weighted by molar-refractivity contribution is -0.115. The van der Waals surface area contributed by atoms with Crippen molar-refractivity contribution in [1.82, 2.24) is 0 Å². The Balaban J connectivity index is 2.31. The van der Waals surface area contributed by atoms with Crippen LogP contribution in [-0.4, -0.2) is 24.5 Å². The Morgan fingerprint density at radius 2 is 2.11 bits per heavy atom. The Morgan fingerprint density at radius 1 is 1.33 bits per heavy atom. The van der Waals surface area contributed by atoms with Crippen LogP contribution in [0.15, 0.2) is 24.3 Å². The molecule has 1 aromatic rings. The number of carbonyl (C=O) groups is 1. The fourth-order valence-corrected chi connectivity index (χ4v) is 2.50. The van der Waals surface area contributed by atoms with Gasteiger partial charge in [-0.3, -0.25) is 4.79 Å². The first-order valence-electron chi connectivity index (χ1n) is 6.28. The van der Waals surface area contributed by atoms with Crippen LogP contribution in [0.2, 0.25) is 0 Å². The second-order valence-corrected chi connectivity index (χ2v) is 5.19. The monoisotopic (exact) mass is 267 g/mol. The van der Waals surface area contributed by atoms with Crippen LogP contribution < -0.4 is 10.1 Å². The van der Waals surface area contributed by atoms with E-state index in [0.717, 1.165) is 17.2 Å². The zero-order valence-electron chi connectivity index (χ0n) is 11.1. The maximum atomic E-state index is 11.7. The average molecular weight is 267 g/mol. The van der Waals surface area contributed by atoms with Gasteiger partial charge < -0.3 is 10.1 Å². The molecule has 0 aliphatic carbocycles. The van der Waals surface area contributed by atoms with Gasteiger partial charge >= 0.3 is 0 Å². The molecule has 0 spiro atoms. The molecule has 1 rings (SSSR count). The highest BCUT2D eigenvalue weighted by Crippen LogP contribution is 2.23. The lowest BCUT2D eigenvalue weighted by atomic mass is 10.3. The summed E-state index contributed by atoms with van der Waals surface area (Å²) < 4.78 is 5.18. The molecule has 0 saturated carbocycles. The fraction of sp³-hybridized carbons (Fsp3) is 0.500. The number of unbranched alkanes of at least 4 members (excludes halogenated alkanes) is 1. The number of benzene rings is 1. The first-order chi connectivity index (χ1) is 8.77. The van der Waals surface area contributed by atoms with Crippen LogP contribution in [0.5, 0.6) is 5.75 Å². The SMILES string of the molecule is CCCCSCCC(=O)Nc1ccccc1OC. The number of hydrogen-bond donors (Lipinski definition) is 1. The van der Waals surface area contributed by atoms with E-state index in [2.05, 4.69) is 12.2 Å². The molecule has 0 atom stereocenters. The summed E-state index contributed by atoms with van der Waals surface area (Å²) in [5.41, 5.74) is 0.739. The number of nitrogens with one attached hydrogen (secondary N) is 1. The van der Waals surface area contributed by atoms with Crippen LogP contribution >= 0.6 is 11.8 Å². The first-order valence-corrected chi connectivity index (χ1v) is 7.44. The second-order valence-electron chi connectivity index (χ2n) is 3.96. The number of ether oxygens (including phenoxy) is 1. The number of anilines is 1. The van der Waals surface area contributed by atoms with Gasteiger partial charge in [-0.1, -0.05) is 25.5 Å². The van der Waals surface area contributed by atoms with E-state index in [1.54, 1.807) is 7.11 Å². The third kappa shape index (κ3) is 5.45. The Morgan fingerprint density at radius 3 is 2.83 bits per heavy atom. The average Bonchev–Trinajstić information content (AvgIpc) is 2.39. The van der Waals surface area contributed by atoms with Crippen molar-refractivity contribution in [2.45, 2.75) is 26.2 Å². The number of para-hydroxylation sites is 2. The minimum absolute atomic E-state index is 0.0449. The van der Waals surface area contributed by atoms with Crippen LogP contribution in [-0.2, 0) is 4.79 Å². The zero-order valence-corrected chi connectivity index (χ0v) is 11.9. The molecule has 18 heavy (non-hydrogen) atoms. The molecule has 0 heterocycles. The number of rotatable bonds is 8. The smallest absolute Gasteiger partial charge is 0.225 e. The normalized spacial score (nSPS) is 10.1. The van der Waals surface area contributed by atoms with Crippen LogP contribution in [0.3, 0.4) is 0 Å². The third-order valence-electron chi connectivity index (χ3n) is 2.50. The first kappa shape index (κ1) is 14.9. The van der Waals surface area contributed by atoms with E-state index in [1.807, 2.05) is 36.0 Å². The van der Waals surface area contributed by atoms with Crippen molar-refractivity contribution in [1.29, 1.82) is 0 Å². The summed E-state index contributed by atoms with van der Waals surface area (Å²) in [5.74, 6) is 2.76. The van der Waals surface area contributed by atoms with Crippen LogP contribution in [0.25, 0.3) is 0 Å². The molecule has 100 valence electrons. The Bertz CT molecular complexity index is 369. The molecule has 4 heteroatoms. The zero-order chi connectivity index (χ0) is 13.2. The molecule has 0 radical (unpaired) electrons. The van der Waals surface area contributed by atoms with Gasteiger partial charge in [0.1, 0.15) is 5.75 Å². The van der Waals surface area contributed by atoms with Gasteiger partial charge in [0.05, 0.1) is 12.8 Å². The van der Waals surface area contributed by atoms with E-state index < -0.39 is 0 Å². The Labute approximate surface area is 113 Å². The van der Waals surface area contributed by atoms with Crippen LogP contribution in [0.1, 0.15) is 26.2 Å². The number of thioether (sulfide) groups is 1. The van der Waals surface area contributed by atoms with Gasteiger partial charge in [-0.05, 0) is 24.3 Å². The van der Waals surface area contributed by atoms with E-state index in [9.17, 15) is 4.79 Å². The molecular formula is C14H21NO2S. The van der Waals surface area contributed by atoms with Gasteiger partial charge in [0.15, 0.2) is 0 Å². The predicted octanol–water partition coefficient (Wildman–Crippen LogP) is 3.56. The summed E-state index contributed by atoms with van der Waals surface area (Å²) in [5, 5.41) is 2.88. The maximum absolute atomic E-state index is 11.7. The lowest BCUT2D eigenvalue weighted by Crippen LogP contribution is -2.13. The number of carbonyl (C=O) groups excluding carboxylic acids is 1. The Hall–Kier alpha value is -1.16. The number of methoxy groups -OCH3 is 1. The second kappa shape index (κ2) is 8.86. The highest BCUT2D eigenvalue weighted by molar-refractivity contribution is 7.99. The Kier molecular flexibility index (Phi) is 7.34. The summed E-state index contributed by atoms with van der Waals surface area (Å²) in [6, 6.07) is 7.45. The van der Waals surface area contributed by atoms with Gasteiger partial charge in [-0.25, -0.2) is 0 Å². The molecule has 0 unspecified atom stereocenters. The molecule has 0 bridgehead atoms. The van der Waals surface area contributed by atoms with Crippen molar-refractivity contribution in [3.63, 3.8) is 0 Å². The van der Waals surface area contributed by atoms with Gasteiger partial charge in [0.25, 0.3) is 0 Å². The van der Waals surface area contributed by atoms with Crippen LogP contribution in [0, 0.1) is 0 Å². The molecule has 0 aliphatic rings. The highest BCUT2D eigenvalue weighted by Gasteiger charge is 2.06. The molecule has 3 nitrogen and oxygen atoms in total. The van der Waals surface area contributed by atoms with Gasteiger partial charge in [-0.2, -0.15) is 11.8 Å². The summed E-state index contributed by atoms with van der Waals surface area (Å²) in [6.07, 6.45) is 2.98. The van der Waals surface area contributed by atoms with E-state index >= 15 is 0 Å². The maximum Gasteiger partial charge on any atom is 0.225 e. The molecule has 1 aromatic carbocycles. The molecular weight excluding hydrogens is 246 g/mol. The van der Waals surface area contributed by atoms with E-state index in [0.29, 0.717) is 12.2 Å². The minimum Gasteiger partial charge on any atom is -0.495 e. The summed E-state index contributed by atoms with van der Waals surface area (Å²) in [7, 11) is 1.60. The topological polar surface area (TPSA) is 38.3 Å². The lowest BCUT2D eigenvalue weighted by Gasteiger charge is -2.09. The summed E-state index contributed by atoms with van der Waals surface area (Å²) in [6.45, 7) is 2.18. The third-order valence-corrected chi connectivity index (χ3v) is 3.57. The molecule has 0 fully saturated rings. The quantitative estimate of drug-likeness (QED) is 0.732. The summed E-state index contributed by atoms with van der Waals surface area (Å²) >= 11 is 1.83. The summed E-state index contributed by atoms with van der Waals surface area (Å²) in [4.78, 5) is 11.7. The van der Waals surface area contributed by atoms with Gasteiger partial charge in [-0.15, -0.1) is 0 Å². The van der Waals surface area contributed by atoms with Crippen molar-refractivity contribution in [2.75, 3.05) is 23.9 Å². The highest BCUT2D eigenvalue weighted by atomic mass is 32.2. The van der Waals surface area contributed by atoms with Crippen molar-refractivity contribution < 1.29 is 9.53 Å². The largest absolute Gasteiger partial charge is 0.495 e. The molecule has 1 N–H and O–H groups in total. The van der Waals surface area contributed by atoms with Crippen molar-refractivity contribution >= 4 is 23.4 Å². The standard InChI is InChI=1S/C14H21NO2S/c1-3-4-10-18-11-9-14(16)15-12-7-5-6-8-13(12)17-2/h5-8H,3-4,9-11H2,1-2H3,(H,15,16). The number of hydrogen-bond acceptors (Lipinski definition) is 3. The van der Waals surface area contributed by atoms with Crippen molar-refractivity contribution in [3.8, 4) is 5.75 Å². The molecule has 1 amide bonds. The van der Waals surface area contributed by atoms with Gasteiger partial charge in [0.2, 0.25) is 5.91 Å².